The Bertz CT molecular complexity index is 988. The number of aryl methyl sites for hydroxylation is 1. The second kappa shape index (κ2) is 5.62. The molecule has 1 aliphatic rings. The van der Waals surface area contributed by atoms with Gasteiger partial charge in [0, 0.05) is 5.56 Å². The predicted molar refractivity (Wildman–Crippen MR) is 96.2 cm³/mol. The molecular formula is C21H17NO2. The van der Waals surface area contributed by atoms with Crippen molar-refractivity contribution in [1.29, 1.82) is 0 Å². The smallest absolute Gasteiger partial charge is 0.269 e. The number of carbonyl (C=O) groups excluding carboxylic acids is 1. The number of fused-ring (bicyclic) bond motifs is 2. The number of hydrogen-bond acceptors (Lipinski definition) is 2. The Labute approximate surface area is 140 Å². The third-order valence-electron chi connectivity index (χ3n) is 4.34. The number of hydroxylamine groups is 2. The van der Waals surface area contributed by atoms with Gasteiger partial charge in [0.25, 0.3) is 5.91 Å². The van der Waals surface area contributed by atoms with E-state index in [2.05, 4.69) is 30.3 Å². The average Bonchev–Trinajstić information content (AvgIpc) is 2.86. The molecule has 0 radical (unpaired) electrons. The summed E-state index contributed by atoms with van der Waals surface area (Å²) in [4.78, 5) is 17.8. The van der Waals surface area contributed by atoms with Crippen LogP contribution in [0.1, 0.15) is 27.0 Å². The minimum absolute atomic E-state index is 0.125. The third-order valence-corrected chi connectivity index (χ3v) is 4.34. The van der Waals surface area contributed by atoms with E-state index in [0.717, 1.165) is 22.4 Å². The highest BCUT2D eigenvalue weighted by molar-refractivity contribution is 6.11. The fraction of sp³-hybridized carbons (Fsp3) is 0.0952. The zero-order valence-corrected chi connectivity index (χ0v) is 13.6. The van der Waals surface area contributed by atoms with Gasteiger partial charge in [0.15, 0.2) is 0 Å². The first-order valence-corrected chi connectivity index (χ1v) is 7.87. The minimum Gasteiger partial charge on any atom is -0.269 e. The largest absolute Gasteiger partial charge is 0.282 e. The van der Waals surface area contributed by atoms with Crippen LogP contribution in [0.15, 0.2) is 60.7 Å². The number of hydrogen-bond donors (Lipinski definition) is 0. The van der Waals surface area contributed by atoms with Crippen molar-refractivity contribution in [3.05, 3.63) is 82.9 Å². The third kappa shape index (κ3) is 2.30. The number of benzene rings is 3. The number of rotatable bonds is 2. The van der Waals surface area contributed by atoms with Crippen molar-refractivity contribution in [2.24, 2.45) is 0 Å². The van der Waals surface area contributed by atoms with Gasteiger partial charge in [0.2, 0.25) is 0 Å². The summed E-state index contributed by atoms with van der Waals surface area (Å²) in [7, 11) is 1.52. The Morgan fingerprint density at radius 3 is 2.50 bits per heavy atom. The van der Waals surface area contributed by atoms with Gasteiger partial charge in [-0.1, -0.05) is 48.0 Å². The zero-order chi connectivity index (χ0) is 16.7. The number of nitrogens with zero attached hydrogens (tertiary/aromatic N) is 1. The van der Waals surface area contributed by atoms with Gasteiger partial charge >= 0.3 is 0 Å². The van der Waals surface area contributed by atoms with E-state index in [0.29, 0.717) is 5.56 Å². The van der Waals surface area contributed by atoms with E-state index in [1.165, 1.54) is 22.9 Å². The maximum Gasteiger partial charge on any atom is 0.282 e. The molecule has 0 aromatic heterocycles. The predicted octanol–water partition coefficient (Wildman–Crippen LogP) is 4.66. The topological polar surface area (TPSA) is 29.5 Å². The summed E-state index contributed by atoms with van der Waals surface area (Å²) in [6, 6.07) is 20.3. The van der Waals surface area contributed by atoms with Crippen LogP contribution in [0.3, 0.4) is 0 Å². The molecule has 3 nitrogen and oxygen atoms in total. The van der Waals surface area contributed by atoms with E-state index < -0.39 is 0 Å². The Balaban J connectivity index is 1.88. The van der Waals surface area contributed by atoms with Crippen LogP contribution in [0.4, 0.5) is 0 Å². The first-order chi connectivity index (χ1) is 11.7. The maximum absolute atomic E-state index is 12.5. The van der Waals surface area contributed by atoms with Gasteiger partial charge in [0.05, 0.1) is 18.4 Å². The highest BCUT2D eigenvalue weighted by atomic mass is 16.7. The van der Waals surface area contributed by atoms with Gasteiger partial charge in [-0.05, 0) is 47.5 Å². The fourth-order valence-electron chi connectivity index (χ4n) is 3.16. The lowest BCUT2D eigenvalue weighted by Crippen LogP contribution is -2.21. The van der Waals surface area contributed by atoms with Crippen LogP contribution in [0.5, 0.6) is 0 Å². The molecule has 3 heteroatoms. The summed E-state index contributed by atoms with van der Waals surface area (Å²) in [6.07, 6.45) is 2.00. The SMILES string of the molecule is CON1C(=O)c2ccc(C)cc2/C1=C\c1ccc2ccccc2c1. The molecule has 0 saturated carbocycles. The Morgan fingerprint density at radius 1 is 0.917 bits per heavy atom. The van der Waals surface area contributed by atoms with E-state index >= 15 is 0 Å². The van der Waals surface area contributed by atoms with Crippen molar-refractivity contribution in [2.45, 2.75) is 6.92 Å². The molecule has 1 aliphatic heterocycles. The van der Waals surface area contributed by atoms with E-state index in [1.807, 2.05) is 43.3 Å². The minimum atomic E-state index is -0.125. The first-order valence-electron chi connectivity index (χ1n) is 7.87. The molecule has 0 atom stereocenters. The molecule has 3 aromatic rings. The normalized spacial score (nSPS) is 15.3. The van der Waals surface area contributed by atoms with Crippen LogP contribution in [-0.4, -0.2) is 18.1 Å². The maximum atomic E-state index is 12.5. The molecule has 0 unspecified atom stereocenters. The monoisotopic (exact) mass is 315 g/mol. The van der Waals surface area contributed by atoms with E-state index in [1.54, 1.807) is 0 Å². The summed E-state index contributed by atoms with van der Waals surface area (Å²) >= 11 is 0. The highest BCUT2D eigenvalue weighted by Crippen LogP contribution is 2.35. The Hall–Kier alpha value is -2.91. The van der Waals surface area contributed by atoms with Crippen molar-refractivity contribution in [3.8, 4) is 0 Å². The zero-order valence-electron chi connectivity index (χ0n) is 13.6. The summed E-state index contributed by atoms with van der Waals surface area (Å²) in [5.74, 6) is -0.125. The quantitative estimate of drug-likeness (QED) is 0.688. The molecule has 24 heavy (non-hydrogen) atoms. The van der Waals surface area contributed by atoms with E-state index in [9.17, 15) is 4.79 Å². The summed E-state index contributed by atoms with van der Waals surface area (Å²) in [5, 5.41) is 3.73. The molecular weight excluding hydrogens is 298 g/mol. The summed E-state index contributed by atoms with van der Waals surface area (Å²) in [5.41, 5.74) is 4.51. The van der Waals surface area contributed by atoms with Gasteiger partial charge in [-0.25, -0.2) is 0 Å². The fourth-order valence-corrected chi connectivity index (χ4v) is 3.16. The van der Waals surface area contributed by atoms with E-state index in [4.69, 9.17) is 4.84 Å². The molecule has 1 heterocycles. The van der Waals surface area contributed by atoms with Crippen molar-refractivity contribution >= 4 is 28.5 Å². The molecule has 0 bridgehead atoms. The van der Waals surface area contributed by atoms with Crippen LogP contribution in [0, 0.1) is 6.92 Å². The van der Waals surface area contributed by atoms with Gasteiger partial charge in [-0.2, -0.15) is 5.06 Å². The Morgan fingerprint density at radius 2 is 1.71 bits per heavy atom. The summed E-state index contributed by atoms with van der Waals surface area (Å²) in [6.45, 7) is 2.02. The van der Waals surface area contributed by atoms with E-state index in [-0.39, 0.29) is 5.91 Å². The lowest BCUT2D eigenvalue weighted by molar-refractivity contribution is -0.0451. The molecule has 0 saturated heterocycles. The molecule has 4 rings (SSSR count). The second-order valence-corrected chi connectivity index (χ2v) is 5.97. The second-order valence-electron chi connectivity index (χ2n) is 5.97. The van der Waals surface area contributed by atoms with Crippen LogP contribution < -0.4 is 0 Å². The van der Waals surface area contributed by atoms with Crippen molar-refractivity contribution in [3.63, 3.8) is 0 Å². The number of carbonyl (C=O) groups is 1. The Kier molecular flexibility index (Phi) is 3.44. The lowest BCUT2D eigenvalue weighted by atomic mass is 10.0. The van der Waals surface area contributed by atoms with Gasteiger partial charge in [0.1, 0.15) is 0 Å². The molecule has 1 amide bonds. The van der Waals surface area contributed by atoms with Gasteiger partial charge < -0.3 is 0 Å². The average molecular weight is 315 g/mol. The molecule has 0 N–H and O–H groups in total. The van der Waals surface area contributed by atoms with Crippen LogP contribution >= 0.6 is 0 Å². The van der Waals surface area contributed by atoms with Crippen LogP contribution in [0.25, 0.3) is 22.5 Å². The molecule has 0 spiro atoms. The number of amides is 1. The molecule has 0 fully saturated rings. The van der Waals surface area contributed by atoms with Crippen LogP contribution in [-0.2, 0) is 4.84 Å². The van der Waals surface area contributed by atoms with Crippen molar-refractivity contribution in [2.75, 3.05) is 7.11 Å². The van der Waals surface area contributed by atoms with Gasteiger partial charge in [-0.3, -0.25) is 9.63 Å². The lowest BCUT2D eigenvalue weighted by Gasteiger charge is -2.14. The first kappa shape index (κ1) is 14.7. The van der Waals surface area contributed by atoms with Crippen molar-refractivity contribution in [1.82, 2.24) is 5.06 Å². The molecule has 3 aromatic carbocycles. The summed E-state index contributed by atoms with van der Waals surface area (Å²) < 4.78 is 0. The molecule has 118 valence electrons. The van der Waals surface area contributed by atoms with Crippen LogP contribution in [0.2, 0.25) is 0 Å². The van der Waals surface area contributed by atoms with Crippen molar-refractivity contribution < 1.29 is 9.63 Å². The highest BCUT2D eigenvalue weighted by Gasteiger charge is 2.32. The standard InChI is InChI=1S/C21H17NO2/c1-14-7-10-18-19(11-14)20(22(24-2)21(18)23)13-15-8-9-16-5-3-4-6-17(16)12-15/h3-13H,1-2H3/b20-13+. The molecule has 0 aliphatic carbocycles. The van der Waals surface area contributed by atoms with Gasteiger partial charge in [-0.15, -0.1) is 0 Å².